The summed E-state index contributed by atoms with van der Waals surface area (Å²) in [6.07, 6.45) is 3.19. The number of halogens is 1. The van der Waals surface area contributed by atoms with Gasteiger partial charge in [0, 0.05) is 40.2 Å². The third-order valence-corrected chi connectivity index (χ3v) is 6.12. The quantitative estimate of drug-likeness (QED) is 0.867. The topological polar surface area (TPSA) is 65.9 Å². The van der Waals surface area contributed by atoms with Crippen LogP contribution < -0.4 is 5.73 Å². The van der Waals surface area contributed by atoms with Crippen molar-refractivity contribution in [2.45, 2.75) is 31.3 Å². The van der Waals surface area contributed by atoms with Gasteiger partial charge < -0.3 is 5.73 Å². The molecule has 2 aliphatic rings. The van der Waals surface area contributed by atoms with Crippen LogP contribution >= 0.6 is 22.9 Å². The maximum atomic E-state index is 9.59. The second-order valence-electron chi connectivity index (χ2n) is 5.94. The van der Waals surface area contributed by atoms with E-state index < -0.39 is 0 Å². The van der Waals surface area contributed by atoms with Crippen LogP contribution in [0, 0.1) is 11.3 Å². The molecule has 0 radical (unpaired) electrons. The molecule has 2 aliphatic heterocycles. The number of pyridine rings is 1. The number of thiophene rings is 1. The summed E-state index contributed by atoms with van der Waals surface area (Å²) < 4.78 is 0.719. The van der Waals surface area contributed by atoms with Gasteiger partial charge in [0.1, 0.15) is 17.5 Å². The van der Waals surface area contributed by atoms with Crippen LogP contribution in [-0.4, -0.2) is 23.0 Å². The van der Waals surface area contributed by atoms with Crippen LogP contribution in [0.4, 0.5) is 5.82 Å². The molecular weight excluding hydrogens is 316 g/mol. The number of nitriles is 1. The fourth-order valence-electron chi connectivity index (χ4n) is 3.83. The van der Waals surface area contributed by atoms with E-state index in [1.165, 1.54) is 23.3 Å². The van der Waals surface area contributed by atoms with Gasteiger partial charge in [-0.2, -0.15) is 5.26 Å². The minimum Gasteiger partial charge on any atom is -0.383 e. The fourth-order valence-corrected chi connectivity index (χ4v) is 4.94. The van der Waals surface area contributed by atoms with Crippen LogP contribution in [0.15, 0.2) is 12.1 Å². The number of rotatable bonds is 1. The average molecular weight is 331 g/mol. The molecule has 0 amide bonds. The lowest BCUT2D eigenvalue weighted by molar-refractivity contribution is 0.222. The fraction of sp³-hybridized carbons (Fsp3) is 0.375. The number of likely N-dealkylation sites (N-methyl/N-ethyl adjacent to an activating group) is 1. The van der Waals surface area contributed by atoms with E-state index in [0.717, 1.165) is 33.3 Å². The van der Waals surface area contributed by atoms with Gasteiger partial charge in [0.15, 0.2) is 0 Å². The van der Waals surface area contributed by atoms with E-state index in [9.17, 15) is 5.26 Å². The number of nitrogens with two attached hydrogens (primary N) is 1. The number of nitrogens with zero attached hydrogens (tertiary/aromatic N) is 3. The molecule has 2 N–H and O–H groups in total. The molecule has 22 heavy (non-hydrogen) atoms. The minimum absolute atomic E-state index is 0.324. The molecule has 1 saturated heterocycles. The van der Waals surface area contributed by atoms with E-state index in [1.54, 1.807) is 0 Å². The van der Waals surface area contributed by atoms with Crippen molar-refractivity contribution in [2.24, 2.45) is 0 Å². The second kappa shape index (κ2) is 4.95. The standard InChI is InChI=1S/C16H15ClN4S/c1-21-8-2-3-11(21)15-10(6-8)20-16(19)9(7-18)14(15)12-4-5-13(17)22-12/h4-5,8,11H,2-3,6H2,1H3,(H2,19,20)/t8-,11+/m0/s1. The first kappa shape index (κ1) is 14.0. The maximum absolute atomic E-state index is 9.59. The number of hydrogen-bond acceptors (Lipinski definition) is 5. The molecule has 4 rings (SSSR count). The Hall–Kier alpha value is -1.61. The van der Waals surface area contributed by atoms with Gasteiger partial charge in [-0.1, -0.05) is 11.6 Å². The van der Waals surface area contributed by atoms with Crippen molar-refractivity contribution in [1.29, 1.82) is 5.26 Å². The highest BCUT2D eigenvalue weighted by atomic mass is 35.5. The van der Waals surface area contributed by atoms with Gasteiger partial charge in [-0.3, -0.25) is 4.90 Å². The van der Waals surface area contributed by atoms with Crippen molar-refractivity contribution in [3.05, 3.63) is 33.3 Å². The van der Waals surface area contributed by atoms with Crippen molar-refractivity contribution in [2.75, 3.05) is 12.8 Å². The van der Waals surface area contributed by atoms with Crippen molar-refractivity contribution >= 4 is 28.8 Å². The number of aromatic nitrogens is 1. The molecule has 0 saturated carbocycles. The van der Waals surface area contributed by atoms with Crippen molar-refractivity contribution in [3.8, 4) is 16.5 Å². The molecule has 0 aliphatic carbocycles. The molecular formula is C16H15ClN4S. The van der Waals surface area contributed by atoms with E-state index in [1.807, 2.05) is 12.1 Å². The number of fused-ring (bicyclic) bond motifs is 4. The molecule has 0 unspecified atom stereocenters. The molecule has 0 aromatic carbocycles. The summed E-state index contributed by atoms with van der Waals surface area (Å²) in [5.41, 5.74) is 9.73. The van der Waals surface area contributed by atoms with Crippen LogP contribution in [0.3, 0.4) is 0 Å². The summed E-state index contributed by atoms with van der Waals surface area (Å²) >= 11 is 7.61. The molecule has 112 valence electrons. The lowest BCUT2D eigenvalue weighted by Gasteiger charge is -2.34. The molecule has 2 aromatic rings. The van der Waals surface area contributed by atoms with Gasteiger partial charge in [-0.25, -0.2) is 4.98 Å². The van der Waals surface area contributed by atoms with E-state index in [4.69, 9.17) is 17.3 Å². The Morgan fingerprint density at radius 2 is 2.27 bits per heavy atom. The van der Waals surface area contributed by atoms with Crippen LogP contribution in [0.5, 0.6) is 0 Å². The third kappa shape index (κ3) is 1.88. The Kier molecular flexibility index (Phi) is 3.15. The van der Waals surface area contributed by atoms with E-state index in [0.29, 0.717) is 23.5 Å². The van der Waals surface area contributed by atoms with Gasteiger partial charge in [0.25, 0.3) is 0 Å². The van der Waals surface area contributed by atoms with Crippen LogP contribution in [0.25, 0.3) is 10.4 Å². The largest absolute Gasteiger partial charge is 0.383 e. The zero-order valence-corrected chi connectivity index (χ0v) is 13.7. The lowest BCUT2D eigenvalue weighted by atomic mass is 9.90. The molecule has 4 heterocycles. The summed E-state index contributed by atoms with van der Waals surface area (Å²) in [6, 6.07) is 6.96. The highest BCUT2D eigenvalue weighted by Crippen LogP contribution is 2.49. The second-order valence-corrected chi connectivity index (χ2v) is 7.65. The summed E-state index contributed by atoms with van der Waals surface area (Å²) in [5, 5.41) is 9.59. The first-order valence-electron chi connectivity index (χ1n) is 7.30. The smallest absolute Gasteiger partial charge is 0.142 e. The zero-order valence-electron chi connectivity index (χ0n) is 12.1. The summed E-state index contributed by atoms with van der Waals surface area (Å²) in [4.78, 5) is 7.97. The number of anilines is 1. The van der Waals surface area contributed by atoms with Crippen LogP contribution in [-0.2, 0) is 6.42 Å². The Morgan fingerprint density at radius 1 is 1.45 bits per heavy atom. The third-order valence-electron chi connectivity index (χ3n) is 4.88. The van der Waals surface area contributed by atoms with Gasteiger partial charge in [0.2, 0.25) is 0 Å². The maximum Gasteiger partial charge on any atom is 0.142 e. The monoisotopic (exact) mass is 330 g/mol. The summed E-state index contributed by atoms with van der Waals surface area (Å²) in [7, 11) is 2.17. The zero-order chi connectivity index (χ0) is 15.4. The van der Waals surface area contributed by atoms with Gasteiger partial charge >= 0.3 is 0 Å². The number of nitrogen functional groups attached to an aromatic ring is 1. The Labute approximate surface area is 138 Å². The normalized spacial score (nSPS) is 23.3. The summed E-state index contributed by atoms with van der Waals surface area (Å²) in [6.45, 7) is 0. The van der Waals surface area contributed by atoms with E-state index in [-0.39, 0.29) is 0 Å². The molecule has 2 atom stereocenters. The number of hydrogen-bond donors (Lipinski definition) is 1. The van der Waals surface area contributed by atoms with Gasteiger partial charge in [0.05, 0.1) is 4.34 Å². The molecule has 6 heteroatoms. The Balaban J connectivity index is 2.04. The van der Waals surface area contributed by atoms with Gasteiger partial charge in [-0.05, 0) is 32.0 Å². The molecule has 4 nitrogen and oxygen atoms in total. The predicted octanol–water partition coefficient (Wildman–Crippen LogP) is 3.61. The lowest BCUT2D eigenvalue weighted by Crippen LogP contribution is -2.35. The molecule has 2 bridgehead atoms. The highest BCUT2D eigenvalue weighted by molar-refractivity contribution is 7.19. The molecule has 0 spiro atoms. The Morgan fingerprint density at radius 3 is 2.95 bits per heavy atom. The first-order valence-corrected chi connectivity index (χ1v) is 8.49. The average Bonchev–Trinajstić information content (AvgIpc) is 3.00. The van der Waals surface area contributed by atoms with Crippen LogP contribution in [0.1, 0.15) is 35.7 Å². The predicted molar refractivity (Wildman–Crippen MR) is 88.9 cm³/mol. The van der Waals surface area contributed by atoms with Crippen LogP contribution in [0.2, 0.25) is 4.34 Å². The summed E-state index contributed by atoms with van der Waals surface area (Å²) in [5.74, 6) is 0.338. The highest BCUT2D eigenvalue weighted by Gasteiger charge is 2.41. The van der Waals surface area contributed by atoms with E-state index >= 15 is 0 Å². The van der Waals surface area contributed by atoms with Gasteiger partial charge in [-0.15, -0.1) is 11.3 Å². The Bertz CT molecular complexity index is 807. The minimum atomic E-state index is 0.324. The molecule has 1 fully saturated rings. The van der Waals surface area contributed by atoms with Crippen molar-refractivity contribution < 1.29 is 0 Å². The van der Waals surface area contributed by atoms with Crippen molar-refractivity contribution in [3.63, 3.8) is 0 Å². The van der Waals surface area contributed by atoms with Crippen molar-refractivity contribution in [1.82, 2.24) is 9.88 Å². The molecule has 2 aromatic heterocycles. The SMILES string of the molecule is CN1[C@H]2CC[C@@H]1c1c(nc(N)c(C#N)c1-c1ccc(Cl)s1)C2. The van der Waals surface area contributed by atoms with E-state index in [2.05, 4.69) is 23.0 Å². The first-order chi connectivity index (χ1) is 10.6.